The summed E-state index contributed by atoms with van der Waals surface area (Å²) in [6, 6.07) is 3.68. The van der Waals surface area contributed by atoms with Gasteiger partial charge in [-0.1, -0.05) is 0 Å². The molecule has 2 rings (SSSR count). The van der Waals surface area contributed by atoms with Crippen molar-refractivity contribution in [3.63, 3.8) is 0 Å². The lowest BCUT2D eigenvalue weighted by molar-refractivity contribution is 0.461. The Morgan fingerprint density at radius 3 is 2.87 bits per heavy atom. The first-order valence-electron chi connectivity index (χ1n) is 4.60. The van der Waals surface area contributed by atoms with Gasteiger partial charge in [0.25, 0.3) is 0 Å². The molecular weight excluding hydrogens is 258 g/mol. The quantitative estimate of drug-likeness (QED) is 0.859. The third kappa shape index (κ3) is 2.56. The summed E-state index contributed by atoms with van der Waals surface area (Å²) in [5, 5.41) is 4.10. The first-order chi connectivity index (χ1) is 7.28. The fraction of sp³-hybridized carbons (Fsp3) is 0.200. The molecule has 0 aliphatic carbocycles. The lowest BCUT2D eigenvalue weighted by Gasteiger charge is -2.00. The Labute approximate surface area is 96.0 Å². The minimum absolute atomic E-state index is 0.564. The second-order valence-corrected chi connectivity index (χ2v) is 3.86. The smallest absolute Gasteiger partial charge is 0.219 e. The second-order valence-electron chi connectivity index (χ2n) is 2.95. The van der Waals surface area contributed by atoms with Gasteiger partial charge >= 0.3 is 0 Å². The highest BCUT2D eigenvalue weighted by molar-refractivity contribution is 9.10. The molecule has 0 aliphatic heterocycles. The number of nitrogens with zero attached hydrogens (tertiary/aromatic N) is 3. The van der Waals surface area contributed by atoms with Crippen molar-refractivity contribution in [1.29, 1.82) is 0 Å². The Morgan fingerprint density at radius 1 is 1.40 bits per heavy atom. The SMILES string of the molecule is CCn1cc(Oc2ccc(Br)cn2)cn1. The third-order valence-electron chi connectivity index (χ3n) is 1.86. The van der Waals surface area contributed by atoms with Crippen LogP contribution in [0.5, 0.6) is 11.6 Å². The van der Waals surface area contributed by atoms with E-state index in [-0.39, 0.29) is 0 Å². The van der Waals surface area contributed by atoms with Gasteiger partial charge < -0.3 is 4.74 Å². The van der Waals surface area contributed by atoms with Gasteiger partial charge in [0.2, 0.25) is 5.88 Å². The number of aryl methyl sites for hydroxylation is 1. The lowest BCUT2D eigenvalue weighted by Crippen LogP contribution is -1.92. The van der Waals surface area contributed by atoms with Crippen LogP contribution in [0.4, 0.5) is 0 Å². The van der Waals surface area contributed by atoms with Crippen LogP contribution in [0, 0.1) is 0 Å². The fourth-order valence-electron chi connectivity index (χ4n) is 1.11. The molecule has 0 bridgehead atoms. The van der Waals surface area contributed by atoms with Gasteiger partial charge in [-0.3, -0.25) is 4.68 Å². The van der Waals surface area contributed by atoms with Crippen LogP contribution in [0.3, 0.4) is 0 Å². The topological polar surface area (TPSA) is 39.9 Å². The molecule has 0 unspecified atom stereocenters. The van der Waals surface area contributed by atoms with E-state index >= 15 is 0 Å². The van der Waals surface area contributed by atoms with E-state index in [1.165, 1.54) is 0 Å². The van der Waals surface area contributed by atoms with Gasteiger partial charge in [0.1, 0.15) is 0 Å². The maximum Gasteiger partial charge on any atom is 0.219 e. The number of halogens is 1. The fourth-order valence-corrected chi connectivity index (χ4v) is 1.35. The molecule has 0 atom stereocenters. The van der Waals surface area contributed by atoms with Gasteiger partial charge in [-0.25, -0.2) is 4.98 Å². The molecule has 0 fully saturated rings. The molecule has 0 saturated carbocycles. The van der Waals surface area contributed by atoms with Crippen molar-refractivity contribution in [3.05, 3.63) is 35.2 Å². The summed E-state index contributed by atoms with van der Waals surface area (Å²) in [7, 11) is 0. The zero-order valence-corrected chi connectivity index (χ0v) is 9.81. The molecule has 0 amide bonds. The number of rotatable bonds is 3. The average Bonchev–Trinajstić information content (AvgIpc) is 2.69. The molecular formula is C10H10BrN3O. The molecule has 0 aliphatic rings. The lowest BCUT2D eigenvalue weighted by atomic mass is 10.5. The number of aromatic nitrogens is 3. The van der Waals surface area contributed by atoms with Gasteiger partial charge in [-0.05, 0) is 28.9 Å². The molecule has 15 heavy (non-hydrogen) atoms. The number of pyridine rings is 1. The number of ether oxygens (including phenoxy) is 1. The maximum atomic E-state index is 5.50. The minimum Gasteiger partial charge on any atom is -0.436 e. The molecule has 78 valence electrons. The van der Waals surface area contributed by atoms with Crippen LogP contribution in [-0.2, 0) is 6.54 Å². The van der Waals surface area contributed by atoms with E-state index in [1.54, 1.807) is 23.1 Å². The van der Waals surface area contributed by atoms with E-state index in [4.69, 9.17) is 4.74 Å². The second kappa shape index (κ2) is 4.44. The van der Waals surface area contributed by atoms with Crippen LogP contribution in [0.25, 0.3) is 0 Å². The van der Waals surface area contributed by atoms with Crippen LogP contribution < -0.4 is 4.74 Å². The van der Waals surface area contributed by atoms with Gasteiger partial charge in [0.05, 0.1) is 12.4 Å². The van der Waals surface area contributed by atoms with Gasteiger partial charge in [-0.15, -0.1) is 0 Å². The Kier molecular flexibility index (Phi) is 3.01. The van der Waals surface area contributed by atoms with E-state index in [0.717, 1.165) is 11.0 Å². The summed E-state index contributed by atoms with van der Waals surface area (Å²) in [5.41, 5.74) is 0. The van der Waals surface area contributed by atoms with Gasteiger partial charge in [0, 0.05) is 23.3 Å². The highest BCUT2D eigenvalue weighted by Gasteiger charge is 2.00. The van der Waals surface area contributed by atoms with E-state index in [9.17, 15) is 0 Å². The maximum absolute atomic E-state index is 5.50. The van der Waals surface area contributed by atoms with Crippen molar-refractivity contribution in [1.82, 2.24) is 14.8 Å². The van der Waals surface area contributed by atoms with E-state index < -0.39 is 0 Å². The molecule has 0 aromatic carbocycles. The zero-order valence-electron chi connectivity index (χ0n) is 8.22. The minimum atomic E-state index is 0.564. The van der Waals surface area contributed by atoms with Crippen LogP contribution in [0.15, 0.2) is 35.2 Å². The molecule has 2 aromatic heterocycles. The summed E-state index contributed by atoms with van der Waals surface area (Å²) < 4.78 is 8.23. The van der Waals surface area contributed by atoms with Crippen molar-refractivity contribution in [2.45, 2.75) is 13.5 Å². The summed E-state index contributed by atoms with van der Waals surface area (Å²) in [5.74, 6) is 1.26. The molecule has 2 heterocycles. The number of hydrogen-bond acceptors (Lipinski definition) is 3. The number of hydrogen-bond donors (Lipinski definition) is 0. The predicted octanol–water partition coefficient (Wildman–Crippen LogP) is 2.85. The molecule has 5 heteroatoms. The standard InChI is InChI=1S/C10H10BrN3O/c1-2-14-7-9(6-13-14)15-10-4-3-8(11)5-12-10/h3-7H,2H2,1H3. The monoisotopic (exact) mass is 267 g/mol. The molecule has 4 nitrogen and oxygen atoms in total. The summed E-state index contributed by atoms with van der Waals surface area (Å²) in [6.07, 6.45) is 5.20. The van der Waals surface area contributed by atoms with E-state index in [2.05, 4.69) is 26.0 Å². The molecule has 0 N–H and O–H groups in total. The van der Waals surface area contributed by atoms with Crippen LogP contribution in [-0.4, -0.2) is 14.8 Å². The molecule has 0 radical (unpaired) electrons. The molecule has 0 saturated heterocycles. The predicted molar refractivity (Wildman–Crippen MR) is 59.9 cm³/mol. The van der Waals surface area contributed by atoms with Crippen molar-refractivity contribution >= 4 is 15.9 Å². The Morgan fingerprint density at radius 2 is 2.27 bits per heavy atom. The van der Waals surface area contributed by atoms with E-state index in [1.807, 2.05) is 19.2 Å². The van der Waals surface area contributed by atoms with Crippen molar-refractivity contribution in [3.8, 4) is 11.6 Å². The normalized spacial score (nSPS) is 10.3. The van der Waals surface area contributed by atoms with Crippen LogP contribution in [0.2, 0.25) is 0 Å². The van der Waals surface area contributed by atoms with Gasteiger partial charge in [-0.2, -0.15) is 5.10 Å². The van der Waals surface area contributed by atoms with Crippen LogP contribution in [0.1, 0.15) is 6.92 Å². The van der Waals surface area contributed by atoms with Crippen molar-refractivity contribution in [2.75, 3.05) is 0 Å². The molecule has 2 aromatic rings. The largest absolute Gasteiger partial charge is 0.436 e. The Hall–Kier alpha value is -1.36. The Balaban J connectivity index is 2.11. The van der Waals surface area contributed by atoms with Crippen LogP contribution >= 0.6 is 15.9 Å². The first-order valence-corrected chi connectivity index (χ1v) is 5.39. The van der Waals surface area contributed by atoms with E-state index in [0.29, 0.717) is 11.6 Å². The molecule has 0 spiro atoms. The third-order valence-corrected chi connectivity index (χ3v) is 2.33. The summed E-state index contributed by atoms with van der Waals surface area (Å²) in [4.78, 5) is 4.10. The highest BCUT2D eigenvalue weighted by Crippen LogP contribution is 2.19. The highest BCUT2D eigenvalue weighted by atomic mass is 79.9. The average molecular weight is 268 g/mol. The summed E-state index contributed by atoms with van der Waals surface area (Å²) in [6.45, 7) is 2.85. The van der Waals surface area contributed by atoms with Crippen molar-refractivity contribution in [2.24, 2.45) is 0 Å². The van der Waals surface area contributed by atoms with Gasteiger partial charge in [0.15, 0.2) is 5.75 Å². The first kappa shape index (κ1) is 10.2. The van der Waals surface area contributed by atoms with Crippen molar-refractivity contribution < 1.29 is 4.74 Å². The Bertz CT molecular complexity index is 438. The zero-order chi connectivity index (χ0) is 10.7. The summed E-state index contributed by atoms with van der Waals surface area (Å²) >= 11 is 3.31.